The number of nitrogens with one attached hydrogen (secondary N) is 3. The molecule has 1 atom stereocenters. The van der Waals surface area contributed by atoms with E-state index in [1.165, 1.54) is 5.56 Å². The van der Waals surface area contributed by atoms with Gasteiger partial charge < -0.3 is 16.0 Å². The predicted octanol–water partition coefficient (Wildman–Crippen LogP) is 2.33. The van der Waals surface area contributed by atoms with Crippen LogP contribution in [0.15, 0.2) is 48.5 Å². The van der Waals surface area contributed by atoms with Gasteiger partial charge in [-0.1, -0.05) is 31.2 Å². The molecule has 0 spiro atoms. The molecule has 0 fully saturated rings. The number of hydrogen-bond donors (Lipinski definition) is 3. The summed E-state index contributed by atoms with van der Waals surface area (Å²) in [6, 6.07) is 13.3. The second-order valence-corrected chi connectivity index (χ2v) is 5.86. The fraction of sp³-hybridized carbons (Fsp3) is 0.211. The molecule has 0 bridgehead atoms. The van der Waals surface area contributed by atoms with E-state index in [0.29, 0.717) is 16.9 Å². The van der Waals surface area contributed by atoms with Crippen molar-refractivity contribution >= 4 is 29.1 Å². The molecule has 0 saturated heterocycles. The molecule has 128 valence electrons. The molecule has 6 nitrogen and oxygen atoms in total. The van der Waals surface area contributed by atoms with Crippen LogP contribution in [-0.2, 0) is 16.0 Å². The summed E-state index contributed by atoms with van der Waals surface area (Å²) in [6.45, 7) is 2.05. The standard InChI is InChI=1S/C19H19N3O3/c1-2-12-7-9-13(10-8-12)20-17(23)11-16-19(25)21-15-6-4-3-5-14(15)18(24)22-16/h3-10,16H,2,11H2,1H3,(H,20,23)(H,21,25)(H,22,24). The zero-order chi connectivity index (χ0) is 17.8. The van der Waals surface area contributed by atoms with Crippen LogP contribution in [0.25, 0.3) is 0 Å². The number of hydrogen-bond acceptors (Lipinski definition) is 3. The number of fused-ring (bicyclic) bond motifs is 1. The van der Waals surface area contributed by atoms with Gasteiger partial charge in [-0.25, -0.2) is 0 Å². The maximum atomic E-state index is 12.3. The minimum Gasteiger partial charge on any atom is -0.340 e. The molecule has 2 aromatic rings. The molecule has 0 aliphatic carbocycles. The summed E-state index contributed by atoms with van der Waals surface area (Å²) in [4.78, 5) is 36.8. The van der Waals surface area contributed by atoms with Crippen LogP contribution in [0.5, 0.6) is 0 Å². The Labute approximate surface area is 145 Å². The van der Waals surface area contributed by atoms with Crippen LogP contribution in [0.4, 0.5) is 11.4 Å². The van der Waals surface area contributed by atoms with Crippen molar-refractivity contribution in [2.75, 3.05) is 10.6 Å². The Kier molecular flexibility index (Phi) is 4.79. The van der Waals surface area contributed by atoms with E-state index < -0.39 is 11.9 Å². The maximum Gasteiger partial charge on any atom is 0.254 e. The van der Waals surface area contributed by atoms with Gasteiger partial charge in [0, 0.05) is 5.69 Å². The highest BCUT2D eigenvalue weighted by atomic mass is 16.2. The zero-order valence-electron chi connectivity index (χ0n) is 13.8. The van der Waals surface area contributed by atoms with E-state index in [1.54, 1.807) is 24.3 Å². The van der Waals surface area contributed by atoms with Crippen molar-refractivity contribution in [3.8, 4) is 0 Å². The van der Waals surface area contributed by atoms with Crippen molar-refractivity contribution < 1.29 is 14.4 Å². The van der Waals surface area contributed by atoms with Crippen molar-refractivity contribution in [3.05, 3.63) is 59.7 Å². The molecular weight excluding hydrogens is 318 g/mol. The molecule has 1 heterocycles. The summed E-state index contributed by atoms with van der Waals surface area (Å²) in [7, 11) is 0. The van der Waals surface area contributed by atoms with Crippen LogP contribution in [0.1, 0.15) is 29.3 Å². The molecule has 6 heteroatoms. The Morgan fingerprint density at radius 1 is 1.08 bits per heavy atom. The lowest BCUT2D eigenvalue weighted by Gasteiger charge is -2.14. The zero-order valence-corrected chi connectivity index (χ0v) is 13.8. The highest BCUT2D eigenvalue weighted by Crippen LogP contribution is 2.19. The number of amides is 3. The van der Waals surface area contributed by atoms with Gasteiger partial charge in [-0.15, -0.1) is 0 Å². The van der Waals surface area contributed by atoms with Gasteiger partial charge in [0.1, 0.15) is 6.04 Å². The number of para-hydroxylation sites is 1. The average Bonchev–Trinajstić information content (AvgIpc) is 2.72. The van der Waals surface area contributed by atoms with Crippen LogP contribution < -0.4 is 16.0 Å². The topological polar surface area (TPSA) is 87.3 Å². The van der Waals surface area contributed by atoms with Gasteiger partial charge in [0.2, 0.25) is 11.8 Å². The maximum absolute atomic E-state index is 12.3. The average molecular weight is 337 g/mol. The van der Waals surface area contributed by atoms with Crippen LogP contribution >= 0.6 is 0 Å². The third-order valence-corrected chi connectivity index (χ3v) is 4.09. The molecule has 0 saturated carbocycles. The van der Waals surface area contributed by atoms with E-state index in [1.807, 2.05) is 24.3 Å². The predicted molar refractivity (Wildman–Crippen MR) is 95.4 cm³/mol. The van der Waals surface area contributed by atoms with Crippen molar-refractivity contribution in [1.29, 1.82) is 0 Å². The molecule has 1 unspecified atom stereocenters. The SMILES string of the molecule is CCc1ccc(NC(=O)CC2NC(=O)c3ccccc3NC2=O)cc1. The van der Waals surface area contributed by atoms with Crippen molar-refractivity contribution in [2.24, 2.45) is 0 Å². The Morgan fingerprint density at radius 2 is 1.80 bits per heavy atom. The fourth-order valence-corrected chi connectivity index (χ4v) is 2.68. The smallest absolute Gasteiger partial charge is 0.254 e. The summed E-state index contributed by atoms with van der Waals surface area (Å²) in [6.07, 6.45) is 0.782. The summed E-state index contributed by atoms with van der Waals surface area (Å²) in [5.41, 5.74) is 2.66. The monoisotopic (exact) mass is 337 g/mol. The lowest BCUT2D eigenvalue weighted by atomic mass is 10.1. The van der Waals surface area contributed by atoms with E-state index in [-0.39, 0.29) is 18.2 Å². The quantitative estimate of drug-likeness (QED) is 0.800. The highest BCUT2D eigenvalue weighted by molar-refractivity contribution is 6.11. The summed E-state index contributed by atoms with van der Waals surface area (Å²) in [5.74, 6) is -1.12. The number of aryl methyl sites for hydroxylation is 1. The van der Waals surface area contributed by atoms with E-state index >= 15 is 0 Å². The van der Waals surface area contributed by atoms with Crippen LogP contribution in [0.2, 0.25) is 0 Å². The lowest BCUT2D eigenvalue weighted by molar-refractivity contribution is -0.122. The van der Waals surface area contributed by atoms with Crippen molar-refractivity contribution in [3.63, 3.8) is 0 Å². The van der Waals surface area contributed by atoms with Crippen LogP contribution in [0.3, 0.4) is 0 Å². The molecule has 1 aliphatic rings. The first-order valence-corrected chi connectivity index (χ1v) is 8.16. The van der Waals surface area contributed by atoms with E-state index in [9.17, 15) is 14.4 Å². The Balaban J connectivity index is 1.67. The molecule has 3 amide bonds. The number of anilines is 2. The van der Waals surface area contributed by atoms with Crippen LogP contribution in [-0.4, -0.2) is 23.8 Å². The van der Waals surface area contributed by atoms with Gasteiger partial charge in [0.15, 0.2) is 0 Å². The van der Waals surface area contributed by atoms with E-state index in [4.69, 9.17) is 0 Å². The third kappa shape index (κ3) is 3.85. The number of carbonyl (C=O) groups excluding carboxylic acids is 3. The van der Waals surface area contributed by atoms with E-state index in [0.717, 1.165) is 6.42 Å². The lowest BCUT2D eigenvalue weighted by Crippen LogP contribution is -2.43. The Bertz CT molecular complexity index is 815. The first-order valence-electron chi connectivity index (χ1n) is 8.16. The summed E-state index contributed by atoms with van der Waals surface area (Å²) in [5, 5.41) is 8.04. The Morgan fingerprint density at radius 3 is 2.52 bits per heavy atom. The van der Waals surface area contributed by atoms with Gasteiger partial charge in [0.05, 0.1) is 17.7 Å². The normalized spacial score (nSPS) is 16.3. The van der Waals surface area contributed by atoms with Gasteiger partial charge in [-0.05, 0) is 36.2 Å². The second-order valence-electron chi connectivity index (χ2n) is 5.86. The largest absolute Gasteiger partial charge is 0.340 e. The molecule has 0 radical (unpaired) electrons. The second kappa shape index (κ2) is 7.17. The molecular formula is C19H19N3O3. The number of benzene rings is 2. The molecule has 3 N–H and O–H groups in total. The molecule has 3 rings (SSSR count). The number of carbonyl (C=O) groups is 3. The minimum atomic E-state index is -0.921. The third-order valence-electron chi connectivity index (χ3n) is 4.09. The number of rotatable bonds is 4. The Hall–Kier alpha value is -3.15. The van der Waals surface area contributed by atoms with Gasteiger partial charge in [-0.3, -0.25) is 14.4 Å². The summed E-state index contributed by atoms with van der Waals surface area (Å²) < 4.78 is 0. The molecule has 0 aromatic heterocycles. The van der Waals surface area contributed by atoms with E-state index in [2.05, 4.69) is 22.9 Å². The van der Waals surface area contributed by atoms with Crippen molar-refractivity contribution in [2.45, 2.75) is 25.8 Å². The fourth-order valence-electron chi connectivity index (χ4n) is 2.68. The van der Waals surface area contributed by atoms with Crippen molar-refractivity contribution in [1.82, 2.24) is 5.32 Å². The summed E-state index contributed by atoms with van der Waals surface area (Å²) >= 11 is 0. The highest BCUT2D eigenvalue weighted by Gasteiger charge is 2.29. The first kappa shape index (κ1) is 16.7. The van der Waals surface area contributed by atoms with Gasteiger partial charge in [-0.2, -0.15) is 0 Å². The van der Waals surface area contributed by atoms with Crippen LogP contribution in [0, 0.1) is 0 Å². The minimum absolute atomic E-state index is 0.138. The molecule has 1 aliphatic heterocycles. The van der Waals surface area contributed by atoms with Gasteiger partial charge in [0.25, 0.3) is 5.91 Å². The molecule has 2 aromatic carbocycles. The van der Waals surface area contributed by atoms with Gasteiger partial charge >= 0.3 is 0 Å². The molecule has 25 heavy (non-hydrogen) atoms. The first-order chi connectivity index (χ1) is 12.1.